The minimum absolute atomic E-state index is 0.0625. The Bertz CT molecular complexity index is 483. The van der Waals surface area contributed by atoms with Gasteiger partial charge in [0.25, 0.3) is 0 Å². The van der Waals surface area contributed by atoms with E-state index in [2.05, 4.69) is 22.8 Å². The van der Waals surface area contributed by atoms with E-state index in [1.807, 2.05) is 30.3 Å². The van der Waals surface area contributed by atoms with Crippen molar-refractivity contribution in [1.82, 2.24) is 10.6 Å². The summed E-state index contributed by atoms with van der Waals surface area (Å²) in [5.41, 5.74) is 1.13. The SMILES string of the molecule is O=C(NCC[C@H]1C[C@H]2C=C[C@@H]1C2)NCc1ccccc1. The molecular weight excluding hydrogens is 248 g/mol. The molecule has 106 valence electrons. The zero-order valence-electron chi connectivity index (χ0n) is 11.7. The zero-order valence-corrected chi connectivity index (χ0v) is 11.7. The van der Waals surface area contributed by atoms with Crippen molar-refractivity contribution in [3.8, 4) is 0 Å². The first kappa shape index (κ1) is 13.2. The average Bonchev–Trinajstić information content (AvgIpc) is 3.09. The van der Waals surface area contributed by atoms with Crippen LogP contribution >= 0.6 is 0 Å². The van der Waals surface area contributed by atoms with Crippen LogP contribution in [0.25, 0.3) is 0 Å². The summed E-state index contributed by atoms with van der Waals surface area (Å²) < 4.78 is 0. The lowest BCUT2D eigenvalue weighted by molar-refractivity contribution is 0.239. The number of carbonyl (C=O) groups excluding carboxylic acids is 1. The van der Waals surface area contributed by atoms with Crippen LogP contribution in [0.5, 0.6) is 0 Å². The van der Waals surface area contributed by atoms with E-state index >= 15 is 0 Å². The van der Waals surface area contributed by atoms with Crippen LogP contribution in [-0.4, -0.2) is 12.6 Å². The van der Waals surface area contributed by atoms with Crippen molar-refractivity contribution in [3.63, 3.8) is 0 Å². The van der Waals surface area contributed by atoms with Gasteiger partial charge >= 0.3 is 6.03 Å². The third-order valence-electron chi connectivity index (χ3n) is 4.51. The maximum Gasteiger partial charge on any atom is 0.315 e. The number of hydrogen-bond donors (Lipinski definition) is 2. The summed E-state index contributed by atoms with van der Waals surface area (Å²) in [6.45, 7) is 1.37. The van der Waals surface area contributed by atoms with Gasteiger partial charge in [0.1, 0.15) is 0 Å². The number of allylic oxidation sites excluding steroid dienone is 2. The molecule has 2 N–H and O–H groups in total. The number of amides is 2. The van der Waals surface area contributed by atoms with E-state index in [-0.39, 0.29) is 6.03 Å². The van der Waals surface area contributed by atoms with Gasteiger partial charge < -0.3 is 10.6 Å². The first-order chi connectivity index (χ1) is 9.81. The molecule has 20 heavy (non-hydrogen) atoms. The number of carbonyl (C=O) groups is 1. The van der Waals surface area contributed by atoms with Gasteiger partial charge in [-0.3, -0.25) is 0 Å². The molecule has 1 aromatic rings. The van der Waals surface area contributed by atoms with E-state index in [1.54, 1.807) is 0 Å². The van der Waals surface area contributed by atoms with Crippen LogP contribution in [0, 0.1) is 17.8 Å². The lowest BCUT2D eigenvalue weighted by Gasteiger charge is -2.18. The standard InChI is InChI=1S/C17H22N2O/c20-17(19-12-13-4-2-1-3-5-13)18-9-8-16-11-14-6-7-15(16)10-14/h1-7,14-16H,8-12H2,(H2,18,19,20)/t14-,15+,16-/m0/s1. The van der Waals surface area contributed by atoms with Crippen molar-refractivity contribution in [2.24, 2.45) is 17.8 Å². The van der Waals surface area contributed by atoms with Crippen LogP contribution in [0.4, 0.5) is 4.79 Å². The van der Waals surface area contributed by atoms with E-state index in [0.717, 1.165) is 36.3 Å². The molecule has 1 saturated carbocycles. The second-order valence-corrected chi connectivity index (χ2v) is 5.92. The summed E-state index contributed by atoms with van der Waals surface area (Å²) in [5.74, 6) is 2.37. The van der Waals surface area contributed by atoms with Crippen LogP contribution in [0.15, 0.2) is 42.5 Å². The van der Waals surface area contributed by atoms with Crippen molar-refractivity contribution in [3.05, 3.63) is 48.0 Å². The summed E-state index contributed by atoms with van der Waals surface area (Å²) in [7, 11) is 0. The molecule has 0 radical (unpaired) electrons. The molecule has 1 fully saturated rings. The number of hydrogen-bond acceptors (Lipinski definition) is 1. The highest BCUT2D eigenvalue weighted by molar-refractivity contribution is 5.73. The molecule has 3 atom stereocenters. The molecule has 3 nitrogen and oxygen atoms in total. The van der Waals surface area contributed by atoms with E-state index in [1.165, 1.54) is 12.8 Å². The quantitative estimate of drug-likeness (QED) is 0.793. The van der Waals surface area contributed by atoms with Gasteiger partial charge in [0.2, 0.25) is 0 Å². The van der Waals surface area contributed by atoms with Gasteiger partial charge in [-0.05, 0) is 42.6 Å². The third-order valence-corrected chi connectivity index (χ3v) is 4.51. The van der Waals surface area contributed by atoms with Crippen molar-refractivity contribution in [1.29, 1.82) is 0 Å². The Hall–Kier alpha value is -1.77. The highest BCUT2D eigenvalue weighted by Crippen LogP contribution is 2.44. The lowest BCUT2D eigenvalue weighted by Crippen LogP contribution is -2.36. The van der Waals surface area contributed by atoms with E-state index in [9.17, 15) is 4.79 Å². The number of benzene rings is 1. The van der Waals surface area contributed by atoms with Crippen LogP contribution in [0.1, 0.15) is 24.8 Å². The first-order valence-electron chi connectivity index (χ1n) is 7.55. The monoisotopic (exact) mass is 270 g/mol. The first-order valence-corrected chi connectivity index (χ1v) is 7.55. The summed E-state index contributed by atoms with van der Waals surface area (Å²) in [6.07, 6.45) is 8.49. The minimum Gasteiger partial charge on any atom is -0.338 e. The second kappa shape index (κ2) is 6.12. The fourth-order valence-corrected chi connectivity index (χ4v) is 3.44. The van der Waals surface area contributed by atoms with E-state index in [0.29, 0.717) is 6.54 Å². The Balaban J connectivity index is 1.32. The molecule has 2 amide bonds. The number of fused-ring (bicyclic) bond motifs is 2. The normalized spacial score (nSPS) is 26.7. The fraction of sp³-hybridized carbons (Fsp3) is 0.471. The predicted octanol–water partition coefficient (Wildman–Crippen LogP) is 3.09. The number of nitrogens with one attached hydrogen (secondary N) is 2. The number of rotatable bonds is 5. The smallest absolute Gasteiger partial charge is 0.315 e. The Labute approximate surface area is 120 Å². The molecule has 1 aromatic carbocycles. The Kier molecular flexibility index (Phi) is 4.05. The molecule has 0 spiro atoms. The largest absolute Gasteiger partial charge is 0.338 e. The van der Waals surface area contributed by atoms with Crippen molar-refractivity contribution in [2.45, 2.75) is 25.8 Å². The molecule has 0 aromatic heterocycles. The van der Waals surface area contributed by atoms with Crippen LogP contribution in [0.3, 0.4) is 0 Å². The second-order valence-electron chi connectivity index (χ2n) is 5.92. The van der Waals surface area contributed by atoms with E-state index < -0.39 is 0 Å². The molecule has 3 heteroatoms. The molecule has 0 saturated heterocycles. The lowest BCUT2D eigenvalue weighted by atomic mass is 9.91. The highest BCUT2D eigenvalue weighted by Gasteiger charge is 2.34. The predicted molar refractivity (Wildman–Crippen MR) is 80.1 cm³/mol. The summed E-state index contributed by atoms with van der Waals surface area (Å²) in [5, 5.41) is 5.86. The van der Waals surface area contributed by atoms with Crippen LogP contribution in [0.2, 0.25) is 0 Å². The molecule has 0 heterocycles. The van der Waals surface area contributed by atoms with Gasteiger partial charge in [0.05, 0.1) is 0 Å². The minimum atomic E-state index is -0.0625. The van der Waals surface area contributed by atoms with Gasteiger partial charge in [0, 0.05) is 13.1 Å². The van der Waals surface area contributed by atoms with Gasteiger partial charge in [-0.25, -0.2) is 4.79 Å². The van der Waals surface area contributed by atoms with Crippen molar-refractivity contribution in [2.75, 3.05) is 6.54 Å². The average molecular weight is 270 g/mol. The van der Waals surface area contributed by atoms with Crippen LogP contribution < -0.4 is 10.6 Å². The zero-order chi connectivity index (χ0) is 13.8. The Morgan fingerprint density at radius 3 is 2.65 bits per heavy atom. The van der Waals surface area contributed by atoms with Crippen molar-refractivity contribution < 1.29 is 4.79 Å². The summed E-state index contributed by atoms with van der Waals surface area (Å²) in [4.78, 5) is 11.7. The summed E-state index contributed by atoms with van der Waals surface area (Å²) in [6, 6.07) is 9.92. The topological polar surface area (TPSA) is 41.1 Å². The van der Waals surface area contributed by atoms with Gasteiger partial charge in [-0.2, -0.15) is 0 Å². The fourth-order valence-electron chi connectivity index (χ4n) is 3.44. The third kappa shape index (κ3) is 3.21. The van der Waals surface area contributed by atoms with E-state index in [4.69, 9.17) is 0 Å². The molecule has 2 bridgehead atoms. The Morgan fingerprint density at radius 2 is 1.95 bits per heavy atom. The molecule has 2 aliphatic rings. The molecule has 3 rings (SSSR count). The molecule has 0 unspecified atom stereocenters. The maximum atomic E-state index is 11.7. The summed E-state index contributed by atoms with van der Waals surface area (Å²) >= 11 is 0. The van der Waals surface area contributed by atoms with Gasteiger partial charge in [-0.1, -0.05) is 42.5 Å². The number of urea groups is 1. The Morgan fingerprint density at radius 1 is 1.10 bits per heavy atom. The molecule has 0 aliphatic heterocycles. The van der Waals surface area contributed by atoms with Gasteiger partial charge in [0.15, 0.2) is 0 Å². The van der Waals surface area contributed by atoms with Crippen molar-refractivity contribution >= 4 is 6.03 Å². The van der Waals surface area contributed by atoms with Gasteiger partial charge in [-0.15, -0.1) is 0 Å². The maximum absolute atomic E-state index is 11.7. The molecule has 2 aliphatic carbocycles. The molecular formula is C17H22N2O. The highest BCUT2D eigenvalue weighted by atomic mass is 16.2. The van der Waals surface area contributed by atoms with Crippen LogP contribution in [-0.2, 0) is 6.54 Å².